The molecule has 0 spiro atoms. The first-order chi connectivity index (χ1) is 19.5. The SMILES string of the molecule is O=C(Nc1cccc(Sc2ccc3nc(N4CCCCC4)[nH]c3n2)c1Cl)C1=C(O)C(Cc2ccccc2)NC1=O. The van der Waals surface area contributed by atoms with Crippen LogP contribution in [0, 0.1) is 0 Å². The van der Waals surface area contributed by atoms with Crippen LogP contribution in [-0.2, 0) is 16.0 Å². The lowest BCUT2D eigenvalue weighted by molar-refractivity contribution is -0.120. The monoisotopic (exact) mass is 574 g/mol. The number of anilines is 2. The largest absolute Gasteiger partial charge is 0.509 e. The Hall–Kier alpha value is -4.02. The van der Waals surface area contributed by atoms with Gasteiger partial charge in [0, 0.05) is 18.0 Å². The molecule has 0 aliphatic carbocycles. The summed E-state index contributed by atoms with van der Waals surface area (Å²) in [4.78, 5) is 41.3. The van der Waals surface area contributed by atoms with E-state index in [2.05, 4.69) is 20.5 Å². The van der Waals surface area contributed by atoms with Crippen LogP contribution >= 0.6 is 23.4 Å². The number of amides is 2. The molecule has 0 bridgehead atoms. The Morgan fingerprint density at radius 3 is 2.65 bits per heavy atom. The van der Waals surface area contributed by atoms with Crippen LogP contribution in [0.2, 0.25) is 5.02 Å². The van der Waals surface area contributed by atoms with Crippen molar-refractivity contribution in [3.05, 3.63) is 82.6 Å². The van der Waals surface area contributed by atoms with E-state index in [0.717, 1.165) is 43.0 Å². The molecule has 6 rings (SSSR count). The second-order valence-electron chi connectivity index (χ2n) is 9.78. The first-order valence-electron chi connectivity index (χ1n) is 13.1. The summed E-state index contributed by atoms with van der Waals surface area (Å²) in [7, 11) is 0. The Labute approximate surface area is 240 Å². The Balaban J connectivity index is 1.17. The van der Waals surface area contributed by atoms with E-state index in [1.807, 2.05) is 48.5 Å². The predicted molar refractivity (Wildman–Crippen MR) is 156 cm³/mol. The maximum Gasteiger partial charge on any atom is 0.264 e. The van der Waals surface area contributed by atoms with Crippen molar-refractivity contribution in [1.82, 2.24) is 20.3 Å². The number of aromatic amines is 1. The molecule has 1 fully saturated rings. The van der Waals surface area contributed by atoms with Crippen LogP contribution in [0.1, 0.15) is 24.8 Å². The fourth-order valence-electron chi connectivity index (χ4n) is 4.97. The van der Waals surface area contributed by atoms with Gasteiger partial charge in [-0.15, -0.1) is 0 Å². The molecule has 1 atom stereocenters. The minimum absolute atomic E-state index is 0.283. The van der Waals surface area contributed by atoms with E-state index >= 15 is 0 Å². The highest BCUT2D eigenvalue weighted by molar-refractivity contribution is 7.99. The standard InChI is InChI=1S/C29H27ClN6O3S/c30-24-18(31-27(38)23-25(37)20(32-28(23)39)16-17-8-3-1-4-9-17)10-7-11-21(24)40-22-13-12-19-26(34-22)35-29(33-19)36-14-5-2-6-15-36/h1,3-4,7-13,20,37H,2,5-6,14-16H2,(H,31,38)(H,32,39)(H,33,34,35). The fourth-order valence-corrected chi connectivity index (χ4v) is 6.10. The van der Waals surface area contributed by atoms with E-state index in [9.17, 15) is 14.7 Å². The molecule has 11 heteroatoms. The van der Waals surface area contributed by atoms with Crippen molar-refractivity contribution in [2.24, 2.45) is 0 Å². The van der Waals surface area contributed by atoms with Gasteiger partial charge in [-0.1, -0.05) is 59.8 Å². The van der Waals surface area contributed by atoms with Crippen LogP contribution in [0.3, 0.4) is 0 Å². The van der Waals surface area contributed by atoms with Crippen molar-refractivity contribution < 1.29 is 14.7 Å². The quantitative estimate of drug-likeness (QED) is 0.222. The number of nitrogens with one attached hydrogen (secondary N) is 3. The Morgan fingerprint density at radius 1 is 1.05 bits per heavy atom. The summed E-state index contributed by atoms with van der Waals surface area (Å²) in [5, 5.41) is 17.1. The van der Waals surface area contributed by atoms with Gasteiger partial charge < -0.3 is 25.6 Å². The summed E-state index contributed by atoms with van der Waals surface area (Å²) in [5.41, 5.74) is 2.44. The van der Waals surface area contributed by atoms with Gasteiger partial charge in [-0.3, -0.25) is 9.59 Å². The first-order valence-corrected chi connectivity index (χ1v) is 14.3. The number of nitrogens with zero attached hydrogens (tertiary/aromatic N) is 3. The van der Waals surface area contributed by atoms with Gasteiger partial charge in [-0.2, -0.15) is 0 Å². The Morgan fingerprint density at radius 2 is 1.85 bits per heavy atom. The van der Waals surface area contributed by atoms with Crippen LogP contribution in [0.25, 0.3) is 11.2 Å². The number of H-pyrrole nitrogens is 1. The van der Waals surface area contributed by atoms with Gasteiger partial charge in [-0.05, 0) is 55.5 Å². The normalized spacial score (nSPS) is 17.4. The zero-order valence-corrected chi connectivity index (χ0v) is 23.1. The maximum absolute atomic E-state index is 13.1. The van der Waals surface area contributed by atoms with E-state index in [1.165, 1.54) is 18.2 Å². The topological polar surface area (TPSA) is 123 Å². The predicted octanol–water partition coefficient (Wildman–Crippen LogP) is 5.24. The molecule has 2 aliphatic heterocycles. The number of imidazole rings is 1. The highest BCUT2D eigenvalue weighted by Crippen LogP contribution is 2.37. The van der Waals surface area contributed by atoms with Gasteiger partial charge in [0.15, 0.2) is 5.65 Å². The first kappa shape index (κ1) is 26.2. The molecule has 1 saturated heterocycles. The lowest BCUT2D eigenvalue weighted by Gasteiger charge is -2.25. The average molecular weight is 575 g/mol. The van der Waals surface area contributed by atoms with Crippen LogP contribution < -0.4 is 15.5 Å². The second-order valence-corrected chi connectivity index (χ2v) is 11.2. The fraction of sp³-hybridized carbons (Fsp3) is 0.241. The highest BCUT2D eigenvalue weighted by Gasteiger charge is 2.36. The Kier molecular flexibility index (Phi) is 7.36. The highest BCUT2D eigenvalue weighted by atomic mass is 35.5. The third-order valence-electron chi connectivity index (χ3n) is 7.01. The van der Waals surface area contributed by atoms with E-state index in [4.69, 9.17) is 21.6 Å². The minimum Gasteiger partial charge on any atom is -0.509 e. The number of aromatic nitrogens is 3. The molecule has 0 saturated carbocycles. The molecule has 0 radical (unpaired) electrons. The number of piperidine rings is 1. The van der Waals surface area contributed by atoms with E-state index < -0.39 is 17.9 Å². The van der Waals surface area contributed by atoms with Crippen molar-refractivity contribution in [2.75, 3.05) is 23.3 Å². The number of fused-ring (bicyclic) bond motifs is 1. The molecule has 4 aromatic rings. The summed E-state index contributed by atoms with van der Waals surface area (Å²) in [6.07, 6.45) is 3.94. The number of halogens is 1. The van der Waals surface area contributed by atoms with Gasteiger partial charge in [0.25, 0.3) is 11.8 Å². The molecule has 2 aliphatic rings. The van der Waals surface area contributed by atoms with Crippen molar-refractivity contribution in [3.8, 4) is 0 Å². The van der Waals surface area contributed by atoms with Gasteiger partial charge >= 0.3 is 0 Å². The molecule has 1 unspecified atom stereocenters. The summed E-state index contributed by atoms with van der Waals surface area (Å²) >= 11 is 8.03. The van der Waals surface area contributed by atoms with E-state index in [-0.39, 0.29) is 11.3 Å². The van der Waals surface area contributed by atoms with Crippen molar-refractivity contribution >= 4 is 58.0 Å². The van der Waals surface area contributed by atoms with E-state index in [1.54, 1.807) is 12.1 Å². The third-order valence-corrected chi connectivity index (χ3v) is 8.53. The third kappa shape index (κ3) is 5.37. The molecule has 2 amide bonds. The number of hydrogen-bond acceptors (Lipinski definition) is 7. The molecule has 4 N–H and O–H groups in total. The van der Waals surface area contributed by atoms with E-state index in [0.29, 0.717) is 32.7 Å². The van der Waals surface area contributed by atoms with Gasteiger partial charge in [0.05, 0.1) is 16.8 Å². The van der Waals surface area contributed by atoms with Gasteiger partial charge in [-0.25, -0.2) is 9.97 Å². The summed E-state index contributed by atoms with van der Waals surface area (Å²) in [6.45, 7) is 1.97. The lowest BCUT2D eigenvalue weighted by Crippen LogP contribution is -2.31. The number of aliphatic hydroxyl groups is 1. The molecular weight excluding hydrogens is 548 g/mol. The van der Waals surface area contributed by atoms with Crippen molar-refractivity contribution in [3.63, 3.8) is 0 Å². The van der Waals surface area contributed by atoms with Crippen molar-refractivity contribution in [2.45, 2.75) is 41.6 Å². The molecule has 2 aromatic carbocycles. The summed E-state index contributed by atoms with van der Waals surface area (Å²) in [5.74, 6) is -0.795. The number of carbonyl (C=O) groups excluding carboxylic acids is 2. The number of hydrogen-bond donors (Lipinski definition) is 4. The molecule has 40 heavy (non-hydrogen) atoms. The molecule has 204 valence electrons. The second kappa shape index (κ2) is 11.2. The molecule has 2 aromatic heterocycles. The van der Waals surface area contributed by atoms with Crippen LogP contribution in [0.15, 0.2) is 81.9 Å². The number of aliphatic hydroxyl groups excluding tert-OH is 1. The maximum atomic E-state index is 13.1. The average Bonchev–Trinajstić information content (AvgIpc) is 3.51. The summed E-state index contributed by atoms with van der Waals surface area (Å²) < 4.78 is 0. The Bertz CT molecular complexity index is 1620. The van der Waals surface area contributed by atoms with Crippen molar-refractivity contribution in [1.29, 1.82) is 0 Å². The smallest absolute Gasteiger partial charge is 0.264 e. The van der Waals surface area contributed by atoms with Crippen LogP contribution in [0.5, 0.6) is 0 Å². The number of carbonyl (C=O) groups is 2. The molecular formula is C29H27ClN6O3S. The summed E-state index contributed by atoms with van der Waals surface area (Å²) in [6, 6.07) is 17.8. The number of rotatable bonds is 7. The lowest BCUT2D eigenvalue weighted by atomic mass is 10.0. The van der Waals surface area contributed by atoms with Gasteiger partial charge in [0.2, 0.25) is 5.95 Å². The van der Waals surface area contributed by atoms with Crippen LogP contribution in [-0.4, -0.2) is 51.0 Å². The number of benzene rings is 2. The zero-order chi connectivity index (χ0) is 27.6. The van der Waals surface area contributed by atoms with Gasteiger partial charge in [0.1, 0.15) is 21.9 Å². The zero-order valence-electron chi connectivity index (χ0n) is 21.5. The minimum atomic E-state index is -0.725. The van der Waals surface area contributed by atoms with Crippen LogP contribution in [0.4, 0.5) is 11.6 Å². The molecule has 4 heterocycles. The number of pyridine rings is 1. The molecule has 9 nitrogen and oxygen atoms in total.